The van der Waals surface area contributed by atoms with E-state index in [4.69, 9.17) is 0 Å². The molecule has 234 valence electrons. The SMILES string of the molecule is CCCCCCCCCCCCCCCCCCC(Cc1ccccc1)C(CCCCCCCCC)n1ccnc1. The van der Waals surface area contributed by atoms with E-state index in [2.05, 4.69) is 66.3 Å². The third-order valence-electron chi connectivity index (χ3n) is 9.32. The van der Waals surface area contributed by atoms with Gasteiger partial charge in [0, 0.05) is 18.4 Å². The highest BCUT2D eigenvalue weighted by Crippen LogP contribution is 2.32. The second-order valence-electron chi connectivity index (χ2n) is 13.0. The van der Waals surface area contributed by atoms with Crippen molar-refractivity contribution in [2.75, 3.05) is 0 Å². The molecule has 0 aliphatic rings. The Hall–Kier alpha value is -1.57. The molecule has 2 heteroatoms. The fourth-order valence-corrected chi connectivity index (χ4v) is 6.71. The van der Waals surface area contributed by atoms with Crippen LogP contribution in [0.2, 0.25) is 0 Å². The number of imidazole rings is 1. The van der Waals surface area contributed by atoms with Crippen LogP contribution >= 0.6 is 0 Å². The summed E-state index contributed by atoms with van der Waals surface area (Å²) in [6.07, 6.45) is 42.8. The molecule has 41 heavy (non-hydrogen) atoms. The van der Waals surface area contributed by atoms with E-state index in [0.29, 0.717) is 12.0 Å². The normalized spacial score (nSPS) is 13.0. The smallest absolute Gasteiger partial charge is 0.0948 e. The van der Waals surface area contributed by atoms with Crippen LogP contribution in [0.15, 0.2) is 49.1 Å². The predicted molar refractivity (Wildman–Crippen MR) is 182 cm³/mol. The van der Waals surface area contributed by atoms with Crippen LogP contribution in [0.5, 0.6) is 0 Å². The lowest BCUT2D eigenvalue weighted by Gasteiger charge is -2.29. The lowest BCUT2D eigenvalue weighted by molar-refractivity contribution is 0.275. The van der Waals surface area contributed by atoms with Gasteiger partial charge >= 0.3 is 0 Å². The molecule has 1 heterocycles. The minimum absolute atomic E-state index is 0.574. The van der Waals surface area contributed by atoms with Gasteiger partial charge in [0.25, 0.3) is 0 Å². The second-order valence-corrected chi connectivity index (χ2v) is 13.0. The van der Waals surface area contributed by atoms with Crippen molar-refractivity contribution >= 4 is 0 Å². The minimum atomic E-state index is 0.574. The molecule has 2 nitrogen and oxygen atoms in total. The minimum Gasteiger partial charge on any atom is -0.334 e. The molecular weight excluding hydrogens is 496 g/mol. The third kappa shape index (κ3) is 18.6. The molecule has 2 atom stereocenters. The molecule has 0 bridgehead atoms. The topological polar surface area (TPSA) is 17.8 Å². The summed E-state index contributed by atoms with van der Waals surface area (Å²) in [5.41, 5.74) is 1.50. The summed E-state index contributed by atoms with van der Waals surface area (Å²) >= 11 is 0. The Kier molecular flexibility index (Phi) is 22.7. The van der Waals surface area contributed by atoms with Crippen LogP contribution in [0.3, 0.4) is 0 Å². The van der Waals surface area contributed by atoms with Gasteiger partial charge in [0.1, 0.15) is 0 Å². The Bertz CT molecular complexity index is 768. The zero-order valence-electron chi connectivity index (χ0n) is 27.6. The van der Waals surface area contributed by atoms with Gasteiger partial charge in [-0.2, -0.15) is 0 Å². The zero-order valence-corrected chi connectivity index (χ0v) is 27.6. The molecule has 1 aromatic heterocycles. The van der Waals surface area contributed by atoms with Gasteiger partial charge in [-0.25, -0.2) is 4.98 Å². The van der Waals surface area contributed by atoms with E-state index in [0.717, 1.165) is 0 Å². The summed E-state index contributed by atoms with van der Waals surface area (Å²) in [6, 6.07) is 11.8. The number of aromatic nitrogens is 2. The van der Waals surface area contributed by atoms with Gasteiger partial charge in [-0.1, -0.05) is 192 Å². The van der Waals surface area contributed by atoms with Crippen LogP contribution in [0, 0.1) is 5.92 Å². The van der Waals surface area contributed by atoms with Gasteiger partial charge in [-0.3, -0.25) is 0 Å². The van der Waals surface area contributed by atoms with Gasteiger partial charge in [0.15, 0.2) is 0 Å². The number of benzene rings is 1. The van der Waals surface area contributed by atoms with Gasteiger partial charge < -0.3 is 4.57 Å². The molecular formula is C39H68N2. The Balaban J connectivity index is 1.66. The van der Waals surface area contributed by atoms with Crippen molar-refractivity contribution in [2.24, 2.45) is 5.92 Å². The fraction of sp³-hybridized carbons (Fsp3) is 0.769. The molecule has 0 radical (unpaired) electrons. The average Bonchev–Trinajstić information content (AvgIpc) is 3.53. The maximum absolute atomic E-state index is 4.45. The van der Waals surface area contributed by atoms with Crippen molar-refractivity contribution in [3.05, 3.63) is 54.6 Å². The molecule has 0 fully saturated rings. The van der Waals surface area contributed by atoms with Crippen LogP contribution in [-0.4, -0.2) is 9.55 Å². The second kappa shape index (κ2) is 26.1. The Morgan fingerprint density at radius 2 is 0.976 bits per heavy atom. The van der Waals surface area contributed by atoms with Gasteiger partial charge in [0.05, 0.1) is 6.33 Å². The molecule has 0 saturated heterocycles. The molecule has 1 aromatic carbocycles. The monoisotopic (exact) mass is 565 g/mol. The lowest BCUT2D eigenvalue weighted by atomic mass is 9.84. The van der Waals surface area contributed by atoms with Crippen molar-refractivity contribution in [2.45, 2.75) is 187 Å². The van der Waals surface area contributed by atoms with Crippen LogP contribution in [0.1, 0.15) is 186 Å². The summed E-state index contributed by atoms with van der Waals surface area (Å²) in [5.74, 6) is 0.693. The highest BCUT2D eigenvalue weighted by Gasteiger charge is 2.23. The molecule has 0 saturated carbocycles. The first-order valence-electron chi connectivity index (χ1n) is 18.4. The first-order valence-corrected chi connectivity index (χ1v) is 18.4. The van der Waals surface area contributed by atoms with E-state index in [1.54, 1.807) is 0 Å². The maximum atomic E-state index is 4.45. The third-order valence-corrected chi connectivity index (χ3v) is 9.32. The van der Waals surface area contributed by atoms with E-state index in [-0.39, 0.29) is 0 Å². The summed E-state index contributed by atoms with van der Waals surface area (Å²) < 4.78 is 2.44. The van der Waals surface area contributed by atoms with E-state index < -0.39 is 0 Å². The van der Waals surface area contributed by atoms with Crippen LogP contribution < -0.4 is 0 Å². The molecule has 0 aliphatic heterocycles. The molecule has 2 unspecified atom stereocenters. The van der Waals surface area contributed by atoms with Crippen LogP contribution in [-0.2, 0) is 6.42 Å². The quantitative estimate of drug-likeness (QED) is 0.0898. The van der Waals surface area contributed by atoms with Crippen molar-refractivity contribution in [3.63, 3.8) is 0 Å². The molecule has 0 aliphatic carbocycles. The van der Waals surface area contributed by atoms with Crippen molar-refractivity contribution in [1.82, 2.24) is 9.55 Å². The lowest BCUT2D eigenvalue weighted by Crippen LogP contribution is -2.21. The van der Waals surface area contributed by atoms with E-state index in [9.17, 15) is 0 Å². The maximum Gasteiger partial charge on any atom is 0.0948 e. The fourth-order valence-electron chi connectivity index (χ4n) is 6.71. The summed E-state index contributed by atoms with van der Waals surface area (Å²) in [6.45, 7) is 4.61. The molecule has 2 rings (SSSR count). The Labute approximate surface area is 256 Å². The number of unbranched alkanes of at least 4 members (excludes halogenated alkanes) is 21. The largest absolute Gasteiger partial charge is 0.334 e. The molecule has 0 amide bonds. The Morgan fingerprint density at radius 1 is 0.537 bits per heavy atom. The molecule has 0 spiro atoms. The number of nitrogens with zero attached hydrogens (tertiary/aromatic N) is 2. The van der Waals surface area contributed by atoms with E-state index in [1.165, 1.54) is 173 Å². The molecule has 2 aromatic rings. The Morgan fingerprint density at radius 3 is 1.41 bits per heavy atom. The van der Waals surface area contributed by atoms with Gasteiger partial charge in [0.2, 0.25) is 0 Å². The summed E-state index contributed by atoms with van der Waals surface area (Å²) in [4.78, 5) is 4.45. The summed E-state index contributed by atoms with van der Waals surface area (Å²) in [7, 11) is 0. The predicted octanol–water partition coefficient (Wildman–Crippen LogP) is 13.1. The van der Waals surface area contributed by atoms with Crippen molar-refractivity contribution in [3.8, 4) is 0 Å². The number of hydrogen-bond donors (Lipinski definition) is 0. The number of rotatable bonds is 29. The van der Waals surface area contributed by atoms with Gasteiger partial charge in [-0.05, 0) is 30.7 Å². The highest BCUT2D eigenvalue weighted by molar-refractivity contribution is 5.15. The van der Waals surface area contributed by atoms with E-state index >= 15 is 0 Å². The van der Waals surface area contributed by atoms with Crippen molar-refractivity contribution < 1.29 is 0 Å². The first-order chi connectivity index (χ1) is 20.3. The van der Waals surface area contributed by atoms with Crippen molar-refractivity contribution in [1.29, 1.82) is 0 Å². The van der Waals surface area contributed by atoms with Crippen LogP contribution in [0.4, 0.5) is 0 Å². The summed E-state index contributed by atoms with van der Waals surface area (Å²) in [5, 5.41) is 0. The zero-order chi connectivity index (χ0) is 29.1. The average molecular weight is 565 g/mol. The number of hydrogen-bond acceptors (Lipinski definition) is 1. The van der Waals surface area contributed by atoms with Gasteiger partial charge in [-0.15, -0.1) is 0 Å². The molecule has 0 N–H and O–H groups in total. The van der Waals surface area contributed by atoms with E-state index in [1.807, 2.05) is 6.20 Å². The van der Waals surface area contributed by atoms with Crippen LogP contribution in [0.25, 0.3) is 0 Å². The first kappa shape index (κ1) is 35.6. The highest BCUT2D eigenvalue weighted by atomic mass is 15.1. The standard InChI is InChI=1S/C39H68N2/c1-3-5-7-9-11-12-13-14-15-16-17-18-19-21-22-27-31-38(35-37-29-25-24-26-30-37)39(41-34-33-40-36-41)32-28-23-20-10-8-6-4-2/h24-26,29-30,33-34,36,38-39H,3-23,27-28,31-32,35H2,1-2H3.